The maximum Gasteiger partial charge on any atom is 0.150 e. The maximum absolute atomic E-state index is 11.4. The fraction of sp³-hybridized carbons (Fsp3) is 1.00. The second kappa shape index (κ2) is 3.79. The van der Waals surface area contributed by atoms with Crippen molar-refractivity contribution in [3.05, 3.63) is 0 Å². The number of rotatable bonds is 3. The molecular formula is C9H19NO3S. The molecule has 1 aliphatic carbocycles. The van der Waals surface area contributed by atoms with Gasteiger partial charge in [-0.1, -0.05) is 6.92 Å². The summed E-state index contributed by atoms with van der Waals surface area (Å²) >= 11 is 0. The van der Waals surface area contributed by atoms with Gasteiger partial charge in [0.15, 0.2) is 0 Å². The van der Waals surface area contributed by atoms with Gasteiger partial charge in [0.1, 0.15) is 9.84 Å². The van der Waals surface area contributed by atoms with Crippen molar-refractivity contribution in [1.82, 2.24) is 0 Å². The van der Waals surface area contributed by atoms with Crippen molar-refractivity contribution in [3.8, 4) is 0 Å². The van der Waals surface area contributed by atoms with E-state index in [0.29, 0.717) is 19.4 Å². The molecule has 14 heavy (non-hydrogen) atoms. The fourth-order valence-corrected chi connectivity index (χ4v) is 3.55. The van der Waals surface area contributed by atoms with Crippen LogP contribution >= 0.6 is 0 Å². The molecule has 1 rings (SSSR count). The van der Waals surface area contributed by atoms with Crippen molar-refractivity contribution in [1.29, 1.82) is 0 Å². The van der Waals surface area contributed by atoms with Crippen molar-refractivity contribution in [2.45, 2.75) is 25.0 Å². The second-order valence-corrected chi connectivity index (χ2v) is 6.84. The normalized spacial score (nSPS) is 38.9. The van der Waals surface area contributed by atoms with E-state index in [1.165, 1.54) is 6.26 Å². The highest BCUT2D eigenvalue weighted by atomic mass is 32.2. The first-order valence-electron chi connectivity index (χ1n) is 4.85. The molecule has 1 aliphatic rings. The largest absolute Gasteiger partial charge is 0.396 e. The summed E-state index contributed by atoms with van der Waals surface area (Å²) in [6.07, 6.45) is 2.38. The summed E-state index contributed by atoms with van der Waals surface area (Å²) in [7, 11) is -2.99. The molecule has 84 valence electrons. The Balaban J connectivity index is 2.88. The van der Waals surface area contributed by atoms with Crippen LogP contribution in [0.5, 0.6) is 0 Å². The lowest BCUT2D eigenvalue weighted by Crippen LogP contribution is -2.37. The van der Waals surface area contributed by atoms with Gasteiger partial charge >= 0.3 is 0 Å². The molecule has 0 heterocycles. The summed E-state index contributed by atoms with van der Waals surface area (Å²) in [4.78, 5) is 0. The number of aliphatic hydroxyl groups excluding tert-OH is 1. The van der Waals surface area contributed by atoms with Crippen LogP contribution in [0, 0.1) is 11.3 Å². The molecule has 1 fully saturated rings. The van der Waals surface area contributed by atoms with Crippen LogP contribution in [0.15, 0.2) is 0 Å². The topological polar surface area (TPSA) is 80.4 Å². The number of nitrogens with two attached hydrogens (primary N) is 1. The lowest BCUT2D eigenvalue weighted by Gasteiger charge is -2.29. The second-order valence-electron chi connectivity index (χ2n) is 4.52. The minimum atomic E-state index is -2.99. The van der Waals surface area contributed by atoms with Gasteiger partial charge in [-0.3, -0.25) is 0 Å². The molecule has 3 atom stereocenters. The highest BCUT2D eigenvalue weighted by molar-refractivity contribution is 7.91. The lowest BCUT2D eigenvalue weighted by molar-refractivity contribution is 0.0996. The first-order chi connectivity index (χ1) is 6.35. The predicted octanol–water partition coefficient (Wildman–Crippen LogP) is -0.233. The highest BCUT2D eigenvalue weighted by Gasteiger charge is 2.46. The van der Waals surface area contributed by atoms with Crippen LogP contribution in [0.3, 0.4) is 0 Å². The van der Waals surface area contributed by atoms with Crippen LogP contribution in [0.1, 0.15) is 19.8 Å². The van der Waals surface area contributed by atoms with Crippen molar-refractivity contribution in [2.75, 3.05) is 19.4 Å². The van der Waals surface area contributed by atoms with Gasteiger partial charge < -0.3 is 10.8 Å². The first-order valence-corrected chi connectivity index (χ1v) is 6.81. The Kier molecular flexibility index (Phi) is 3.23. The van der Waals surface area contributed by atoms with Crippen molar-refractivity contribution in [3.63, 3.8) is 0 Å². The van der Waals surface area contributed by atoms with Gasteiger partial charge in [0.2, 0.25) is 0 Å². The third kappa shape index (κ3) is 1.94. The summed E-state index contributed by atoms with van der Waals surface area (Å²) in [5.41, 5.74) is 5.24. The Hall–Kier alpha value is -0.130. The van der Waals surface area contributed by atoms with Crippen LogP contribution in [-0.4, -0.2) is 38.2 Å². The summed E-state index contributed by atoms with van der Waals surface area (Å²) in [6, 6.07) is 0. The molecule has 0 saturated heterocycles. The maximum atomic E-state index is 11.4. The third-order valence-corrected chi connectivity index (χ3v) is 5.19. The van der Waals surface area contributed by atoms with Crippen molar-refractivity contribution < 1.29 is 13.5 Å². The Morgan fingerprint density at radius 2 is 2.14 bits per heavy atom. The van der Waals surface area contributed by atoms with Gasteiger partial charge in [0.25, 0.3) is 0 Å². The van der Waals surface area contributed by atoms with E-state index >= 15 is 0 Å². The highest BCUT2D eigenvalue weighted by Crippen LogP contribution is 2.44. The molecule has 0 unspecified atom stereocenters. The minimum absolute atomic E-state index is 0.0172. The number of aliphatic hydroxyl groups is 1. The average molecular weight is 221 g/mol. The molecule has 4 nitrogen and oxygen atoms in total. The number of sulfone groups is 1. The Morgan fingerprint density at radius 1 is 1.57 bits per heavy atom. The van der Waals surface area contributed by atoms with E-state index in [4.69, 9.17) is 5.73 Å². The smallest absolute Gasteiger partial charge is 0.150 e. The van der Waals surface area contributed by atoms with Crippen LogP contribution in [0.25, 0.3) is 0 Å². The molecule has 0 radical (unpaired) electrons. The van der Waals surface area contributed by atoms with Crippen LogP contribution < -0.4 is 5.73 Å². The zero-order valence-electron chi connectivity index (χ0n) is 8.73. The van der Waals surface area contributed by atoms with Crippen LogP contribution in [0.4, 0.5) is 0 Å². The summed E-state index contributed by atoms with van der Waals surface area (Å²) in [5, 5.41) is 8.97. The van der Waals surface area contributed by atoms with E-state index in [1.54, 1.807) is 0 Å². The van der Waals surface area contributed by atoms with E-state index in [9.17, 15) is 13.5 Å². The van der Waals surface area contributed by atoms with Crippen LogP contribution in [-0.2, 0) is 9.84 Å². The monoisotopic (exact) mass is 221 g/mol. The molecule has 0 aromatic heterocycles. The Morgan fingerprint density at radius 3 is 2.36 bits per heavy atom. The number of hydrogen-bond acceptors (Lipinski definition) is 4. The zero-order chi connectivity index (χ0) is 11.0. The molecule has 0 spiro atoms. The molecule has 0 aliphatic heterocycles. The van der Waals surface area contributed by atoms with Gasteiger partial charge in [0, 0.05) is 18.2 Å². The zero-order valence-corrected chi connectivity index (χ0v) is 9.55. The molecule has 1 saturated carbocycles. The van der Waals surface area contributed by atoms with Crippen molar-refractivity contribution >= 4 is 9.84 Å². The molecule has 5 heteroatoms. The van der Waals surface area contributed by atoms with E-state index in [0.717, 1.165) is 0 Å². The molecule has 0 amide bonds. The van der Waals surface area contributed by atoms with Gasteiger partial charge in [-0.25, -0.2) is 8.42 Å². The summed E-state index contributed by atoms with van der Waals surface area (Å²) < 4.78 is 22.8. The van der Waals surface area contributed by atoms with Gasteiger partial charge in [-0.15, -0.1) is 0 Å². The Bertz CT molecular complexity index is 295. The summed E-state index contributed by atoms with van der Waals surface area (Å²) in [6.45, 7) is 2.31. The number of hydrogen-bond donors (Lipinski definition) is 2. The van der Waals surface area contributed by atoms with Gasteiger partial charge in [-0.2, -0.15) is 0 Å². The average Bonchev–Trinajstić information content (AvgIpc) is 2.43. The lowest BCUT2D eigenvalue weighted by atomic mass is 9.80. The first kappa shape index (κ1) is 11.9. The van der Waals surface area contributed by atoms with E-state index < -0.39 is 9.84 Å². The summed E-state index contributed by atoms with van der Waals surface area (Å²) in [5.74, 6) is 0.178. The quantitative estimate of drug-likeness (QED) is 0.689. The van der Waals surface area contributed by atoms with E-state index in [-0.39, 0.29) is 23.2 Å². The van der Waals surface area contributed by atoms with Crippen LogP contribution in [0.2, 0.25) is 0 Å². The minimum Gasteiger partial charge on any atom is -0.396 e. The van der Waals surface area contributed by atoms with E-state index in [2.05, 4.69) is 0 Å². The standard InChI is InChI=1S/C9H19NO3S/c1-7-3-8(14(2,12)13)4-9(7,5-10)6-11/h7-8,11H,3-6,10H2,1-2H3/t7-,8-,9-/m1/s1. The molecule has 0 bridgehead atoms. The predicted molar refractivity (Wildman–Crippen MR) is 55.6 cm³/mol. The third-order valence-electron chi connectivity index (χ3n) is 3.62. The Labute approximate surface area is 85.4 Å². The molecule has 3 N–H and O–H groups in total. The van der Waals surface area contributed by atoms with Gasteiger partial charge in [0.05, 0.1) is 11.9 Å². The fourth-order valence-electron chi connectivity index (χ4n) is 2.28. The molecule has 0 aromatic rings. The van der Waals surface area contributed by atoms with Crippen molar-refractivity contribution in [2.24, 2.45) is 17.1 Å². The van der Waals surface area contributed by atoms with Gasteiger partial charge in [-0.05, 0) is 18.8 Å². The van der Waals surface area contributed by atoms with E-state index in [1.807, 2.05) is 6.92 Å². The molecule has 0 aromatic carbocycles. The SMILES string of the molecule is C[C@@H]1C[C@@H](S(C)(=O)=O)C[C@@]1(CN)CO. The molecular weight excluding hydrogens is 202 g/mol.